The third-order valence-corrected chi connectivity index (χ3v) is 2.95. The molecule has 0 fully saturated rings. The second-order valence-corrected chi connectivity index (χ2v) is 4.21. The maximum absolute atomic E-state index is 13.2. The standard InChI is InChI=1S/C11H11FN2S/c12-10-2-1-8(5-9(10)7-13)6-11-14-3-4-15-11/h1-5H,6-7,13H2. The normalized spacial score (nSPS) is 10.5. The Hall–Kier alpha value is -1.26. The molecule has 15 heavy (non-hydrogen) atoms. The zero-order chi connectivity index (χ0) is 10.7. The summed E-state index contributed by atoms with van der Waals surface area (Å²) in [6.45, 7) is 0.234. The maximum Gasteiger partial charge on any atom is 0.127 e. The molecule has 2 aromatic rings. The van der Waals surface area contributed by atoms with Gasteiger partial charge in [0.1, 0.15) is 5.82 Å². The summed E-state index contributed by atoms with van der Waals surface area (Å²) in [6.07, 6.45) is 2.51. The van der Waals surface area contributed by atoms with Crippen molar-refractivity contribution in [2.75, 3.05) is 0 Å². The highest BCUT2D eigenvalue weighted by molar-refractivity contribution is 7.09. The van der Waals surface area contributed by atoms with Crippen LogP contribution >= 0.6 is 11.3 Å². The SMILES string of the molecule is NCc1cc(Cc2nccs2)ccc1F. The minimum absolute atomic E-state index is 0.234. The Bertz CT molecular complexity index is 440. The summed E-state index contributed by atoms with van der Waals surface area (Å²) < 4.78 is 13.2. The summed E-state index contributed by atoms with van der Waals surface area (Å²) in [5.41, 5.74) is 7.05. The number of benzene rings is 1. The van der Waals surface area contributed by atoms with Gasteiger partial charge in [0.05, 0.1) is 5.01 Å². The molecule has 2 nitrogen and oxygen atoms in total. The number of hydrogen-bond acceptors (Lipinski definition) is 3. The van der Waals surface area contributed by atoms with Crippen molar-refractivity contribution in [2.24, 2.45) is 5.73 Å². The lowest BCUT2D eigenvalue weighted by molar-refractivity contribution is 0.610. The number of aromatic nitrogens is 1. The molecule has 0 aliphatic rings. The highest BCUT2D eigenvalue weighted by Crippen LogP contribution is 2.15. The number of thiazole rings is 1. The minimum Gasteiger partial charge on any atom is -0.326 e. The van der Waals surface area contributed by atoms with Gasteiger partial charge in [0, 0.05) is 30.1 Å². The summed E-state index contributed by atoms with van der Waals surface area (Å²) in [5.74, 6) is -0.236. The van der Waals surface area contributed by atoms with Crippen LogP contribution in [0.1, 0.15) is 16.1 Å². The van der Waals surface area contributed by atoms with Gasteiger partial charge < -0.3 is 5.73 Å². The molecule has 0 saturated carbocycles. The molecule has 0 atom stereocenters. The third kappa shape index (κ3) is 2.40. The van der Waals surface area contributed by atoms with E-state index in [1.54, 1.807) is 29.7 Å². The van der Waals surface area contributed by atoms with Crippen LogP contribution in [0.3, 0.4) is 0 Å². The summed E-state index contributed by atoms with van der Waals surface area (Å²) in [4.78, 5) is 4.18. The van der Waals surface area contributed by atoms with Crippen molar-refractivity contribution in [3.05, 3.63) is 51.7 Å². The van der Waals surface area contributed by atoms with Crippen molar-refractivity contribution in [3.8, 4) is 0 Å². The zero-order valence-corrected chi connectivity index (χ0v) is 8.93. The molecule has 2 rings (SSSR count). The topological polar surface area (TPSA) is 38.9 Å². The average molecular weight is 222 g/mol. The third-order valence-electron chi connectivity index (χ3n) is 2.17. The van der Waals surface area contributed by atoms with Gasteiger partial charge in [-0.3, -0.25) is 0 Å². The maximum atomic E-state index is 13.2. The van der Waals surface area contributed by atoms with Gasteiger partial charge in [0.2, 0.25) is 0 Å². The summed E-state index contributed by atoms with van der Waals surface area (Å²) >= 11 is 1.60. The van der Waals surface area contributed by atoms with E-state index in [2.05, 4.69) is 4.98 Å². The molecule has 1 heterocycles. The van der Waals surface area contributed by atoms with Crippen LogP contribution in [-0.4, -0.2) is 4.98 Å². The van der Waals surface area contributed by atoms with Crippen LogP contribution in [0.4, 0.5) is 4.39 Å². The smallest absolute Gasteiger partial charge is 0.127 e. The fraction of sp³-hybridized carbons (Fsp3) is 0.182. The quantitative estimate of drug-likeness (QED) is 0.865. The molecule has 0 amide bonds. The fourth-order valence-corrected chi connectivity index (χ4v) is 2.06. The molecule has 0 spiro atoms. The molecule has 0 aliphatic carbocycles. The van der Waals surface area contributed by atoms with Crippen LogP contribution in [0.5, 0.6) is 0 Å². The van der Waals surface area contributed by atoms with Crippen molar-refractivity contribution < 1.29 is 4.39 Å². The zero-order valence-electron chi connectivity index (χ0n) is 8.11. The first-order valence-corrected chi connectivity index (χ1v) is 5.53. The molecule has 2 N–H and O–H groups in total. The number of hydrogen-bond donors (Lipinski definition) is 1. The Balaban J connectivity index is 2.22. The average Bonchev–Trinajstić information content (AvgIpc) is 2.73. The Labute approximate surface area is 91.6 Å². The Morgan fingerprint density at radius 3 is 2.93 bits per heavy atom. The van der Waals surface area contributed by atoms with Crippen LogP contribution in [0, 0.1) is 5.82 Å². The van der Waals surface area contributed by atoms with E-state index in [1.807, 2.05) is 5.38 Å². The number of nitrogens with zero attached hydrogens (tertiary/aromatic N) is 1. The lowest BCUT2D eigenvalue weighted by Gasteiger charge is -2.03. The monoisotopic (exact) mass is 222 g/mol. The van der Waals surface area contributed by atoms with Crippen molar-refractivity contribution in [2.45, 2.75) is 13.0 Å². The molecule has 0 radical (unpaired) electrons. The van der Waals surface area contributed by atoms with E-state index in [-0.39, 0.29) is 12.4 Å². The minimum atomic E-state index is -0.236. The molecule has 0 aliphatic heterocycles. The van der Waals surface area contributed by atoms with E-state index in [0.717, 1.165) is 17.0 Å². The predicted octanol–water partition coefficient (Wildman–Crippen LogP) is 2.33. The van der Waals surface area contributed by atoms with Crippen molar-refractivity contribution >= 4 is 11.3 Å². The number of halogens is 1. The molecule has 0 saturated heterocycles. The summed E-state index contributed by atoms with van der Waals surface area (Å²) in [7, 11) is 0. The van der Waals surface area contributed by atoms with Crippen LogP contribution in [0.2, 0.25) is 0 Å². The van der Waals surface area contributed by atoms with Gasteiger partial charge in [-0.15, -0.1) is 11.3 Å². The summed E-state index contributed by atoms with van der Waals surface area (Å²) in [6, 6.07) is 5.04. The second kappa shape index (κ2) is 4.51. The molecule has 0 bridgehead atoms. The van der Waals surface area contributed by atoms with Gasteiger partial charge in [-0.05, 0) is 11.6 Å². The van der Waals surface area contributed by atoms with Crippen LogP contribution in [0.15, 0.2) is 29.8 Å². The van der Waals surface area contributed by atoms with E-state index < -0.39 is 0 Å². The Morgan fingerprint density at radius 2 is 2.27 bits per heavy atom. The van der Waals surface area contributed by atoms with E-state index in [9.17, 15) is 4.39 Å². The lowest BCUT2D eigenvalue weighted by atomic mass is 10.1. The first-order valence-electron chi connectivity index (χ1n) is 4.65. The van der Waals surface area contributed by atoms with E-state index in [4.69, 9.17) is 5.73 Å². The largest absolute Gasteiger partial charge is 0.326 e. The molecule has 78 valence electrons. The van der Waals surface area contributed by atoms with Gasteiger partial charge in [-0.1, -0.05) is 12.1 Å². The van der Waals surface area contributed by atoms with Gasteiger partial charge in [0.25, 0.3) is 0 Å². The molecule has 0 unspecified atom stereocenters. The van der Waals surface area contributed by atoms with Crippen molar-refractivity contribution in [3.63, 3.8) is 0 Å². The molecule has 4 heteroatoms. The lowest BCUT2D eigenvalue weighted by Crippen LogP contribution is -2.01. The van der Waals surface area contributed by atoms with Crippen molar-refractivity contribution in [1.82, 2.24) is 4.98 Å². The molecular formula is C11H11FN2S. The highest BCUT2D eigenvalue weighted by atomic mass is 32.1. The fourth-order valence-electron chi connectivity index (χ4n) is 1.41. The first-order chi connectivity index (χ1) is 7.29. The van der Waals surface area contributed by atoms with Gasteiger partial charge >= 0.3 is 0 Å². The number of nitrogens with two attached hydrogens (primary N) is 1. The van der Waals surface area contributed by atoms with Crippen LogP contribution in [0.25, 0.3) is 0 Å². The Kier molecular flexibility index (Phi) is 3.08. The first kappa shape index (κ1) is 10.3. The predicted molar refractivity (Wildman–Crippen MR) is 59.2 cm³/mol. The summed E-state index contributed by atoms with van der Waals surface area (Å²) in [5, 5.41) is 2.97. The van der Waals surface area contributed by atoms with Crippen LogP contribution < -0.4 is 5.73 Å². The highest BCUT2D eigenvalue weighted by Gasteiger charge is 2.03. The van der Waals surface area contributed by atoms with E-state index in [1.165, 1.54) is 6.07 Å². The van der Waals surface area contributed by atoms with Gasteiger partial charge in [0.15, 0.2) is 0 Å². The molecule has 1 aromatic carbocycles. The van der Waals surface area contributed by atoms with E-state index >= 15 is 0 Å². The molecular weight excluding hydrogens is 211 g/mol. The van der Waals surface area contributed by atoms with Crippen LogP contribution in [-0.2, 0) is 13.0 Å². The van der Waals surface area contributed by atoms with Gasteiger partial charge in [-0.25, -0.2) is 9.37 Å². The molecule has 1 aromatic heterocycles. The number of rotatable bonds is 3. The van der Waals surface area contributed by atoms with Gasteiger partial charge in [-0.2, -0.15) is 0 Å². The van der Waals surface area contributed by atoms with Crippen molar-refractivity contribution in [1.29, 1.82) is 0 Å². The second-order valence-electron chi connectivity index (χ2n) is 3.23. The van der Waals surface area contributed by atoms with E-state index in [0.29, 0.717) is 5.56 Å². The Morgan fingerprint density at radius 1 is 1.40 bits per heavy atom.